The van der Waals surface area contributed by atoms with Crippen molar-refractivity contribution in [3.8, 4) is 0 Å². The van der Waals surface area contributed by atoms with E-state index in [1.54, 1.807) is 0 Å². The predicted molar refractivity (Wildman–Crippen MR) is 126 cm³/mol. The summed E-state index contributed by atoms with van der Waals surface area (Å²) in [6.45, 7) is -1.34. The number of nitrogen functional groups attached to an aromatic ring is 1. The molecule has 16 nitrogen and oxygen atoms in total. The highest BCUT2D eigenvalue weighted by Gasteiger charge is 2.60. The first-order chi connectivity index (χ1) is 19.3. The van der Waals surface area contributed by atoms with Crippen LogP contribution in [0.4, 0.5) is 29.2 Å². The topological polar surface area (TPSA) is 218 Å². The lowest BCUT2D eigenvalue weighted by Gasteiger charge is -2.21. The van der Waals surface area contributed by atoms with Crippen LogP contribution in [-0.4, -0.2) is 92.3 Å². The van der Waals surface area contributed by atoms with Crippen LogP contribution in [0.25, 0.3) is 0 Å². The molecular formula is C21H23F4N9O7. The second-order valence-electron chi connectivity index (χ2n) is 9.31. The lowest BCUT2D eigenvalue weighted by molar-refractivity contribution is -0.141. The van der Waals surface area contributed by atoms with Crippen LogP contribution >= 0.6 is 0 Å². The number of alkyl halides is 4. The highest BCUT2D eigenvalue weighted by Crippen LogP contribution is 2.43. The second kappa shape index (κ2) is 10.4. The monoisotopic (exact) mass is 589 g/mol. The van der Waals surface area contributed by atoms with Crippen LogP contribution in [0.5, 0.6) is 0 Å². The highest BCUT2D eigenvalue weighted by molar-refractivity contribution is 5.32. The van der Waals surface area contributed by atoms with E-state index in [-0.39, 0.29) is 30.4 Å². The minimum atomic E-state index is -3.87. The summed E-state index contributed by atoms with van der Waals surface area (Å²) in [5, 5.41) is 39.3. The van der Waals surface area contributed by atoms with Gasteiger partial charge >= 0.3 is 23.2 Å². The van der Waals surface area contributed by atoms with Gasteiger partial charge in [0, 0.05) is 12.4 Å². The molecule has 0 radical (unpaired) electrons. The number of nitrogens with zero attached hydrogens (tertiary/aromatic N) is 7. The maximum Gasteiger partial charge on any atom is 0.351 e. The Bertz CT molecular complexity index is 1530. The molecular weight excluding hydrogens is 566 g/mol. The van der Waals surface area contributed by atoms with E-state index in [2.05, 4.69) is 25.6 Å². The van der Waals surface area contributed by atoms with E-state index in [4.69, 9.17) is 20.3 Å². The summed E-state index contributed by atoms with van der Waals surface area (Å²) in [7, 11) is 0. The van der Waals surface area contributed by atoms with Crippen LogP contribution < -0.4 is 22.4 Å². The molecule has 0 aromatic carbocycles. The van der Waals surface area contributed by atoms with Gasteiger partial charge < -0.3 is 35.8 Å². The molecule has 222 valence electrons. The Morgan fingerprint density at radius 3 is 2.12 bits per heavy atom. The number of hydrogen-bond acceptors (Lipinski definition) is 13. The van der Waals surface area contributed by atoms with Crippen LogP contribution in [0, 0.1) is 0 Å². The zero-order chi connectivity index (χ0) is 29.7. The van der Waals surface area contributed by atoms with Gasteiger partial charge in [0.1, 0.15) is 29.5 Å². The van der Waals surface area contributed by atoms with E-state index in [0.29, 0.717) is 9.13 Å². The number of hydrogen-bond donors (Lipinski definition) is 5. The lowest BCUT2D eigenvalue weighted by Crippen LogP contribution is -2.41. The number of ether oxygens (including phenoxy) is 2. The van der Waals surface area contributed by atoms with Crippen molar-refractivity contribution in [2.24, 2.45) is 0 Å². The second-order valence-corrected chi connectivity index (χ2v) is 9.31. The Morgan fingerprint density at radius 2 is 1.54 bits per heavy atom. The molecule has 3 aromatic heterocycles. The summed E-state index contributed by atoms with van der Waals surface area (Å²) in [5.74, 6) is -7.94. The third kappa shape index (κ3) is 5.14. The standard InChI is InChI=1S/C21H23F4N9O7/c22-20(23)14(36)10(40-16(20)33-3-1-12(26)28-18(33)38)7-32-6-9(30-31-32)5-27-13-2-4-34(19(39)29-13)17-21(24,25)15(37)11(8-35)41-17/h1-4,6,10-11,14-17,35-37H,5,7-8H2,(H2,26,28,38)(H,27,29,39)/t10-,11-,14-,15-,16-,17-/m1/s1. The summed E-state index contributed by atoms with van der Waals surface area (Å²) in [6, 6.07) is 2.31. The number of nitrogens with one attached hydrogen (secondary N) is 1. The third-order valence-electron chi connectivity index (χ3n) is 6.53. The molecule has 0 saturated carbocycles. The van der Waals surface area contributed by atoms with Crippen molar-refractivity contribution >= 4 is 11.6 Å². The van der Waals surface area contributed by atoms with Crippen LogP contribution in [0.3, 0.4) is 0 Å². The number of halogens is 4. The first-order valence-electron chi connectivity index (χ1n) is 11.9. The molecule has 20 heteroatoms. The number of nitrogens with two attached hydrogens (primary N) is 1. The quantitative estimate of drug-likeness (QED) is 0.181. The molecule has 0 bridgehead atoms. The summed E-state index contributed by atoms with van der Waals surface area (Å²) >= 11 is 0. The fraction of sp³-hybridized carbons (Fsp3) is 0.524. The number of anilines is 2. The molecule has 2 aliphatic heterocycles. The lowest BCUT2D eigenvalue weighted by atomic mass is 10.1. The predicted octanol–water partition coefficient (Wildman–Crippen LogP) is -1.93. The van der Waals surface area contributed by atoms with Crippen LogP contribution in [0.2, 0.25) is 0 Å². The fourth-order valence-corrected chi connectivity index (χ4v) is 4.41. The summed E-state index contributed by atoms with van der Waals surface area (Å²) in [4.78, 5) is 31.4. The van der Waals surface area contributed by atoms with Crippen molar-refractivity contribution in [1.29, 1.82) is 0 Å². The van der Waals surface area contributed by atoms with Crippen molar-refractivity contribution in [3.05, 3.63) is 57.4 Å². The van der Waals surface area contributed by atoms with Gasteiger partial charge in [0.05, 0.1) is 25.9 Å². The number of aliphatic hydroxyl groups excluding tert-OH is 3. The Labute approximate surface area is 225 Å². The average Bonchev–Trinajstić information content (AvgIpc) is 3.52. The number of aliphatic hydroxyl groups is 3. The van der Waals surface area contributed by atoms with Gasteiger partial charge in [0.15, 0.2) is 12.2 Å². The smallest absolute Gasteiger partial charge is 0.351 e. The molecule has 3 aromatic rings. The maximum atomic E-state index is 14.7. The van der Waals surface area contributed by atoms with Crippen LogP contribution in [0.15, 0.2) is 40.3 Å². The van der Waals surface area contributed by atoms with E-state index in [0.717, 1.165) is 23.1 Å². The molecule has 2 fully saturated rings. The molecule has 0 aliphatic carbocycles. The Morgan fingerprint density at radius 1 is 0.951 bits per heavy atom. The van der Waals surface area contributed by atoms with E-state index in [1.165, 1.54) is 12.3 Å². The minimum Gasteiger partial charge on any atom is -0.394 e. The molecule has 5 heterocycles. The minimum absolute atomic E-state index is 0.0408. The van der Waals surface area contributed by atoms with E-state index in [1.807, 2.05) is 0 Å². The fourth-order valence-electron chi connectivity index (χ4n) is 4.41. The third-order valence-corrected chi connectivity index (χ3v) is 6.53. The average molecular weight is 589 g/mol. The summed E-state index contributed by atoms with van der Waals surface area (Å²) in [6.07, 6.45) is -8.76. The highest BCUT2D eigenvalue weighted by atomic mass is 19.3. The van der Waals surface area contributed by atoms with Gasteiger partial charge in [-0.25, -0.2) is 14.3 Å². The Balaban J connectivity index is 1.22. The first-order valence-corrected chi connectivity index (χ1v) is 11.9. The van der Waals surface area contributed by atoms with Gasteiger partial charge in [-0.15, -0.1) is 5.10 Å². The van der Waals surface area contributed by atoms with Crippen LogP contribution in [-0.2, 0) is 22.6 Å². The molecule has 0 amide bonds. The molecule has 41 heavy (non-hydrogen) atoms. The van der Waals surface area contributed by atoms with Gasteiger partial charge in [0.2, 0.25) is 12.5 Å². The summed E-state index contributed by atoms with van der Waals surface area (Å²) in [5.41, 5.74) is 3.40. The molecule has 6 N–H and O–H groups in total. The largest absolute Gasteiger partial charge is 0.394 e. The zero-order valence-corrected chi connectivity index (χ0v) is 20.7. The SMILES string of the molecule is Nc1ccn([C@@H]2O[C@H](Cn3cc(CNc4ccn([C@@H]5O[C@H](CO)[C@@H](O)C5(F)F)c(=O)n4)nn3)[C@@H](O)C2(F)F)c(=O)n1. The summed E-state index contributed by atoms with van der Waals surface area (Å²) < 4.78 is 70.5. The first kappa shape index (κ1) is 28.5. The molecule has 0 unspecified atom stereocenters. The van der Waals surface area contributed by atoms with Gasteiger partial charge in [-0.3, -0.25) is 9.13 Å². The normalized spacial score (nSPS) is 28.7. The zero-order valence-electron chi connectivity index (χ0n) is 20.7. The van der Waals surface area contributed by atoms with Crippen molar-refractivity contribution in [2.75, 3.05) is 17.7 Å². The van der Waals surface area contributed by atoms with Crippen molar-refractivity contribution in [3.63, 3.8) is 0 Å². The maximum absolute atomic E-state index is 14.7. The number of aromatic nitrogens is 7. The van der Waals surface area contributed by atoms with Gasteiger partial charge in [-0.05, 0) is 12.1 Å². The molecule has 0 spiro atoms. The van der Waals surface area contributed by atoms with Crippen molar-refractivity contribution in [2.45, 2.75) is 61.8 Å². The molecule has 2 aliphatic rings. The van der Waals surface area contributed by atoms with Crippen molar-refractivity contribution in [1.82, 2.24) is 34.1 Å². The molecule has 6 atom stereocenters. The Hall–Kier alpha value is -3.98. The molecule has 5 rings (SSSR count). The van der Waals surface area contributed by atoms with Crippen molar-refractivity contribution < 1.29 is 42.4 Å². The van der Waals surface area contributed by atoms with Gasteiger partial charge in [-0.1, -0.05) is 5.21 Å². The van der Waals surface area contributed by atoms with E-state index in [9.17, 15) is 37.4 Å². The van der Waals surface area contributed by atoms with E-state index < -0.39 is 66.7 Å². The Kier molecular flexibility index (Phi) is 7.27. The number of rotatable bonds is 8. The van der Waals surface area contributed by atoms with Crippen LogP contribution in [0.1, 0.15) is 18.1 Å². The molecule has 2 saturated heterocycles. The van der Waals surface area contributed by atoms with E-state index >= 15 is 0 Å². The van der Waals surface area contributed by atoms with Gasteiger partial charge in [0.25, 0.3) is 0 Å². The van der Waals surface area contributed by atoms with Gasteiger partial charge in [-0.2, -0.15) is 27.5 Å².